The standard InChI is InChI=1S/C7H13NO4S/c1-3-5-6-8(7(9)4-2)13(10,11)12/h4H,2-3,5-6H2,1H3,(H,10,11,12). The van der Waals surface area contributed by atoms with E-state index in [-0.39, 0.29) is 6.54 Å². The van der Waals surface area contributed by atoms with Gasteiger partial charge < -0.3 is 0 Å². The van der Waals surface area contributed by atoms with Gasteiger partial charge in [-0.1, -0.05) is 19.9 Å². The number of unbranched alkanes of at least 4 members (excludes halogenated alkanes) is 1. The zero-order chi connectivity index (χ0) is 10.5. The van der Waals surface area contributed by atoms with Crippen LogP contribution in [0.1, 0.15) is 19.8 Å². The van der Waals surface area contributed by atoms with Crippen LogP contribution in [-0.4, -0.2) is 29.7 Å². The van der Waals surface area contributed by atoms with Crippen molar-refractivity contribution < 1.29 is 17.8 Å². The summed E-state index contributed by atoms with van der Waals surface area (Å²) < 4.78 is 30.3. The first-order valence-electron chi connectivity index (χ1n) is 3.85. The van der Waals surface area contributed by atoms with E-state index in [1.54, 1.807) is 0 Å². The Kier molecular flexibility index (Phi) is 4.64. The summed E-state index contributed by atoms with van der Waals surface area (Å²) in [7, 11) is -4.44. The molecule has 0 aliphatic rings. The second kappa shape index (κ2) is 4.98. The molecule has 1 amide bonds. The van der Waals surface area contributed by atoms with Gasteiger partial charge in [0.05, 0.1) is 0 Å². The summed E-state index contributed by atoms with van der Waals surface area (Å²) in [4.78, 5) is 10.9. The third-order valence-electron chi connectivity index (χ3n) is 1.41. The van der Waals surface area contributed by atoms with E-state index in [9.17, 15) is 13.2 Å². The lowest BCUT2D eigenvalue weighted by Crippen LogP contribution is -2.35. The molecule has 0 saturated carbocycles. The van der Waals surface area contributed by atoms with E-state index >= 15 is 0 Å². The summed E-state index contributed by atoms with van der Waals surface area (Å²) in [6.45, 7) is 4.97. The molecule has 0 unspecified atom stereocenters. The topological polar surface area (TPSA) is 74.7 Å². The lowest BCUT2D eigenvalue weighted by molar-refractivity contribution is -0.121. The molecule has 0 aromatic heterocycles. The molecule has 0 aliphatic heterocycles. The monoisotopic (exact) mass is 207 g/mol. The van der Waals surface area contributed by atoms with Crippen LogP contribution in [0.4, 0.5) is 0 Å². The molecule has 13 heavy (non-hydrogen) atoms. The van der Waals surface area contributed by atoms with E-state index in [2.05, 4.69) is 6.58 Å². The molecular weight excluding hydrogens is 194 g/mol. The van der Waals surface area contributed by atoms with Crippen LogP contribution < -0.4 is 0 Å². The van der Waals surface area contributed by atoms with Crippen molar-refractivity contribution in [3.05, 3.63) is 12.7 Å². The molecule has 0 aromatic rings. The molecule has 0 heterocycles. The molecule has 0 saturated heterocycles. The van der Waals surface area contributed by atoms with E-state index in [4.69, 9.17) is 4.55 Å². The van der Waals surface area contributed by atoms with Crippen molar-refractivity contribution in [2.24, 2.45) is 0 Å². The molecule has 5 nitrogen and oxygen atoms in total. The van der Waals surface area contributed by atoms with Gasteiger partial charge in [0.25, 0.3) is 5.91 Å². The van der Waals surface area contributed by atoms with Crippen LogP contribution in [0.2, 0.25) is 0 Å². The van der Waals surface area contributed by atoms with Gasteiger partial charge in [0.15, 0.2) is 0 Å². The van der Waals surface area contributed by atoms with Gasteiger partial charge in [-0.15, -0.1) is 0 Å². The second-order valence-corrected chi connectivity index (χ2v) is 3.78. The van der Waals surface area contributed by atoms with Crippen molar-refractivity contribution in [1.29, 1.82) is 0 Å². The number of amides is 1. The van der Waals surface area contributed by atoms with Gasteiger partial charge in [0, 0.05) is 6.54 Å². The Morgan fingerprint density at radius 2 is 2.15 bits per heavy atom. The van der Waals surface area contributed by atoms with Gasteiger partial charge in [-0.3, -0.25) is 9.35 Å². The molecule has 0 rings (SSSR count). The van der Waals surface area contributed by atoms with Gasteiger partial charge in [-0.25, -0.2) is 4.31 Å². The quantitative estimate of drug-likeness (QED) is 0.529. The lowest BCUT2D eigenvalue weighted by Gasteiger charge is -2.15. The maximum atomic E-state index is 10.9. The fourth-order valence-electron chi connectivity index (χ4n) is 0.743. The van der Waals surface area contributed by atoms with E-state index < -0.39 is 16.2 Å². The van der Waals surface area contributed by atoms with Crippen LogP contribution in [-0.2, 0) is 15.1 Å². The van der Waals surface area contributed by atoms with Gasteiger partial charge in [-0.05, 0) is 12.5 Å². The number of nitrogens with zero attached hydrogens (tertiary/aromatic N) is 1. The first kappa shape index (κ1) is 12.1. The van der Waals surface area contributed by atoms with E-state index in [0.717, 1.165) is 12.5 Å². The Hall–Kier alpha value is -0.880. The molecule has 0 aromatic carbocycles. The first-order chi connectivity index (χ1) is 5.93. The first-order valence-corrected chi connectivity index (χ1v) is 5.24. The minimum atomic E-state index is -4.44. The van der Waals surface area contributed by atoms with E-state index in [1.165, 1.54) is 0 Å². The molecule has 0 aliphatic carbocycles. The summed E-state index contributed by atoms with van der Waals surface area (Å²) in [5.41, 5.74) is 0. The van der Waals surface area contributed by atoms with Crippen LogP contribution in [0.15, 0.2) is 12.7 Å². The summed E-state index contributed by atoms with van der Waals surface area (Å²) in [6.07, 6.45) is 2.10. The largest absolute Gasteiger partial charge is 0.362 e. The number of carbonyl (C=O) groups is 1. The number of hydrogen-bond donors (Lipinski definition) is 1. The van der Waals surface area contributed by atoms with Gasteiger partial charge in [0.2, 0.25) is 0 Å². The molecule has 76 valence electrons. The van der Waals surface area contributed by atoms with Crippen molar-refractivity contribution >= 4 is 16.2 Å². The average Bonchev–Trinajstić information content (AvgIpc) is 2.02. The maximum Gasteiger partial charge on any atom is 0.362 e. The van der Waals surface area contributed by atoms with Gasteiger partial charge >= 0.3 is 10.3 Å². The highest BCUT2D eigenvalue weighted by atomic mass is 32.2. The fourth-order valence-corrected chi connectivity index (χ4v) is 1.40. The maximum absolute atomic E-state index is 10.9. The number of rotatable bonds is 5. The Morgan fingerprint density at radius 3 is 2.46 bits per heavy atom. The van der Waals surface area contributed by atoms with Crippen LogP contribution >= 0.6 is 0 Å². The molecule has 0 bridgehead atoms. The third-order valence-corrected chi connectivity index (χ3v) is 2.33. The summed E-state index contributed by atoms with van der Waals surface area (Å²) >= 11 is 0. The Bertz CT molecular complexity index is 283. The molecular formula is C7H13NO4S. The van der Waals surface area contributed by atoms with Crippen molar-refractivity contribution in [1.82, 2.24) is 4.31 Å². The van der Waals surface area contributed by atoms with Gasteiger partial charge in [-0.2, -0.15) is 8.42 Å². The molecule has 6 heteroatoms. The lowest BCUT2D eigenvalue weighted by atomic mass is 10.3. The van der Waals surface area contributed by atoms with Crippen LogP contribution in [0.5, 0.6) is 0 Å². The van der Waals surface area contributed by atoms with Crippen LogP contribution in [0, 0.1) is 0 Å². The van der Waals surface area contributed by atoms with E-state index in [1.807, 2.05) is 6.92 Å². The molecule has 1 N–H and O–H groups in total. The Morgan fingerprint density at radius 1 is 1.62 bits per heavy atom. The summed E-state index contributed by atoms with van der Waals surface area (Å²) in [6, 6.07) is 0. The molecule has 0 fully saturated rings. The summed E-state index contributed by atoms with van der Waals surface area (Å²) in [5, 5.41) is 0. The second-order valence-electron chi connectivity index (χ2n) is 2.45. The molecule has 0 spiro atoms. The average molecular weight is 207 g/mol. The third kappa shape index (κ3) is 4.05. The van der Waals surface area contributed by atoms with Crippen LogP contribution in [0.25, 0.3) is 0 Å². The highest BCUT2D eigenvalue weighted by molar-refractivity contribution is 7.84. The normalized spacial score (nSPS) is 10.9. The van der Waals surface area contributed by atoms with E-state index in [0.29, 0.717) is 10.7 Å². The number of hydrogen-bond acceptors (Lipinski definition) is 3. The SMILES string of the molecule is C=CC(=O)N(CCCC)S(=O)(=O)O. The zero-order valence-corrected chi connectivity index (χ0v) is 8.25. The predicted molar refractivity (Wildman–Crippen MR) is 48.4 cm³/mol. The number of carbonyl (C=O) groups excluding carboxylic acids is 1. The minimum Gasteiger partial charge on any atom is -0.269 e. The summed E-state index contributed by atoms with van der Waals surface area (Å²) in [5.74, 6) is -0.809. The van der Waals surface area contributed by atoms with Crippen molar-refractivity contribution in [3.63, 3.8) is 0 Å². The predicted octanol–water partition coefficient (Wildman–Crippen LogP) is 0.604. The van der Waals surface area contributed by atoms with Crippen molar-refractivity contribution in [2.75, 3.05) is 6.54 Å². The van der Waals surface area contributed by atoms with Crippen molar-refractivity contribution in [3.8, 4) is 0 Å². The van der Waals surface area contributed by atoms with Crippen molar-refractivity contribution in [2.45, 2.75) is 19.8 Å². The Labute approximate surface area is 77.9 Å². The fraction of sp³-hybridized carbons (Fsp3) is 0.571. The van der Waals surface area contributed by atoms with Gasteiger partial charge in [0.1, 0.15) is 0 Å². The Balaban J connectivity index is 4.57. The minimum absolute atomic E-state index is 0.0137. The molecule has 0 atom stereocenters. The highest BCUT2D eigenvalue weighted by Gasteiger charge is 2.21. The highest BCUT2D eigenvalue weighted by Crippen LogP contribution is 2.02. The van der Waals surface area contributed by atoms with Crippen LogP contribution in [0.3, 0.4) is 0 Å². The smallest absolute Gasteiger partial charge is 0.269 e. The zero-order valence-electron chi connectivity index (χ0n) is 7.43. The molecule has 0 radical (unpaired) electrons.